The van der Waals surface area contributed by atoms with Gasteiger partial charge in [-0.25, -0.2) is 4.79 Å². The zero-order valence-electron chi connectivity index (χ0n) is 25.7. The Kier molecular flexibility index (Phi) is 14.4. The molecule has 0 aromatic heterocycles. The molecule has 3 amide bonds. The number of aromatic hydroxyl groups is 1. The molecule has 8 nitrogen and oxygen atoms in total. The number of carbonyl (C=O) groups is 3. The van der Waals surface area contributed by atoms with E-state index < -0.39 is 23.8 Å². The van der Waals surface area contributed by atoms with Crippen LogP contribution in [0.4, 0.5) is 4.79 Å². The number of phenolic OH excluding ortho intramolecular Hbond substituents is 1. The van der Waals surface area contributed by atoms with Crippen LogP contribution in [-0.4, -0.2) is 52.1 Å². The highest BCUT2D eigenvalue weighted by Crippen LogP contribution is 2.33. The number of nitrogens with one attached hydrogen (secondary N) is 2. The summed E-state index contributed by atoms with van der Waals surface area (Å²) in [6.07, 6.45) is 6.03. The third kappa shape index (κ3) is 11.5. The zero-order valence-corrected chi connectivity index (χ0v) is 25.7. The van der Waals surface area contributed by atoms with E-state index in [0.29, 0.717) is 30.5 Å². The second-order valence-electron chi connectivity index (χ2n) is 11.9. The molecule has 39 heavy (non-hydrogen) atoms. The molecule has 3 atom stereocenters. The third-order valence-electron chi connectivity index (χ3n) is 6.74. The first-order chi connectivity index (χ1) is 18.2. The number of hydrogen-bond acceptors (Lipinski definition) is 5. The fourth-order valence-corrected chi connectivity index (χ4v) is 4.44. The van der Waals surface area contributed by atoms with Gasteiger partial charge in [0.15, 0.2) is 0 Å². The fourth-order valence-electron chi connectivity index (χ4n) is 4.44. The molecule has 0 fully saturated rings. The number of ether oxygens (including phenoxy) is 1. The van der Waals surface area contributed by atoms with Gasteiger partial charge in [-0.3, -0.25) is 9.59 Å². The number of amides is 3. The van der Waals surface area contributed by atoms with Crippen LogP contribution in [-0.2, 0) is 14.3 Å². The summed E-state index contributed by atoms with van der Waals surface area (Å²) in [5.41, 5.74) is 0.262. The van der Waals surface area contributed by atoms with Crippen LogP contribution in [0.25, 0.3) is 0 Å². The molecule has 0 aliphatic carbocycles. The Morgan fingerprint density at radius 3 is 2.15 bits per heavy atom. The number of unbranched alkanes of at least 4 members (excludes halogenated alkanes) is 5. The summed E-state index contributed by atoms with van der Waals surface area (Å²) in [5.74, 6) is -0.960. The normalized spacial score (nSPS) is 13.9. The minimum Gasteiger partial charge on any atom is -0.507 e. The molecule has 0 spiro atoms. The molecule has 0 aliphatic heterocycles. The second kappa shape index (κ2) is 16.4. The summed E-state index contributed by atoms with van der Waals surface area (Å²) in [7, 11) is 0. The van der Waals surface area contributed by atoms with Gasteiger partial charge in [0.25, 0.3) is 0 Å². The third-order valence-corrected chi connectivity index (χ3v) is 6.74. The van der Waals surface area contributed by atoms with Gasteiger partial charge in [0.2, 0.25) is 11.8 Å². The van der Waals surface area contributed by atoms with Crippen LogP contribution in [0, 0.1) is 12.8 Å². The summed E-state index contributed by atoms with van der Waals surface area (Å²) >= 11 is 0. The molecule has 0 heterocycles. The van der Waals surface area contributed by atoms with E-state index in [-0.39, 0.29) is 29.5 Å². The Labute approximate surface area is 236 Å². The van der Waals surface area contributed by atoms with Crippen molar-refractivity contribution in [2.75, 3.05) is 6.54 Å². The van der Waals surface area contributed by atoms with E-state index in [0.717, 1.165) is 32.1 Å². The van der Waals surface area contributed by atoms with E-state index in [1.807, 2.05) is 27.7 Å². The van der Waals surface area contributed by atoms with E-state index in [9.17, 15) is 19.5 Å². The summed E-state index contributed by atoms with van der Waals surface area (Å²) in [6.45, 7) is 17.1. The van der Waals surface area contributed by atoms with Crippen molar-refractivity contribution in [3.05, 3.63) is 29.3 Å². The van der Waals surface area contributed by atoms with E-state index in [1.54, 1.807) is 50.8 Å². The van der Waals surface area contributed by atoms with Crippen molar-refractivity contribution in [2.45, 2.75) is 131 Å². The van der Waals surface area contributed by atoms with Crippen LogP contribution in [0.2, 0.25) is 0 Å². The number of nitrogens with zero attached hydrogens (tertiary/aromatic N) is 1. The molecule has 8 heteroatoms. The van der Waals surface area contributed by atoms with Gasteiger partial charge in [-0.1, -0.05) is 77.5 Å². The van der Waals surface area contributed by atoms with Crippen LogP contribution in [0.1, 0.15) is 118 Å². The summed E-state index contributed by atoms with van der Waals surface area (Å²) in [5, 5.41) is 16.7. The molecule has 0 saturated carbocycles. The maximum atomic E-state index is 14.3. The average Bonchev–Trinajstić information content (AvgIpc) is 2.83. The number of alkyl carbamates (subject to hydrolysis) is 1. The molecule has 3 unspecified atom stereocenters. The molecule has 0 bridgehead atoms. The van der Waals surface area contributed by atoms with E-state index in [2.05, 4.69) is 17.6 Å². The SMILES string of the molecule is CCCCCCCCN(C(=O)C(NC(=O)OC(C)(C)C)C(C)CC)C(C(=O)NC(C)C)c1cccc(C)c1O. The summed E-state index contributed by atoms with van der Waals surface area (Å²) in [4.78, 5) is 42.3. The maximum Gasteiger partial charge on any atom is 0.408 e. The molecular formula is C31H53N3O5. The number of benzene rings is 1. The topological polar surface area (TPSA) is 108 Å². The average molecular weight is 548 g/mol. The van der Waals surface area contributed by atoms with Crippen LogP contribution in [0.15, 0.2) is 18.2 Å². The quantitative estimate of drug-likeness (QED) is 0.220. The van der Waals surface area contributed by atoms with Gasteiger partial charge in [-0.05, 0) is 59.4 Å². The van der Waals surface area contributed by atoms with E-state index in [4.69, 9.17) is 4.74 Å². The van der Waals surface area contributed by atoms with Gasteiger partial charge in [0, 0.05) is 18.2 Å². The lowest BCUT2D eigenvalue weighted by molar-refractivity contribution is -0.143. The van der Waals surface area contributed by atoms with Gasteiger partial charge < -0.3 is 25.4 Å². The van der Waals surface area contributed by atoms with Gasteiger partial charge >= 0.3 is 6.09 Å². The molecular weight excluding hydrogens is 494 g/mol. The lowest BCUT2D eigenvalue weighted by Crippen LogP contribution is -2.55. The first-order valence-electron chi connectivity index (χ1n) is 14.6. The van der Waals surface area contributed by atoms with Crippen molar-refractivity contribution < 1.29 is 24.2 Å². The number of carbonyl (C=O) groups excluding carboxylic acids is 3. The first kappa shape index (κ1) is 34.3. The number of hydrogen-bond donors (Lipinski definition) is 3. The molecule has 1 rings (SSSR count). The standard InChI is InChI=1S/C31H53N3O5/c1-10-12-13-14-15-16-20-34(29(37)25(22(5)11-2)33-30(38)39-31(7,8)9)26(28(36)32-21(3)4)24-19-17-18-23(6)27(24)35/h17-19,21-22,25-26,35H,10-16,20H2,1-9H3,(H,32,36)(H,33,38). The zero-order chi connectivity index (χ0) is 29.8. The first-order valence-corrected chi connectivity index (χ1v) is 14.6. The monoisotopic (exact) mass is 547 g/mol. The van der Waals surface area contributed by atoms with Crippen molar-refractivity contribution in [3.63, 3.8) is 0 Å². The Balaban J connectivity index is 3.54. The largest absolute Gasteiger partial charge is 0.507 e. The molecule has 1 aromatic carbocycles. The number of rotatable bonds is 15. The predicted octanol–water partition coefficient (Wildman–Crippen LogP) is 6.39. The molecule has 3 N–H and O–H groups in total. The van der Waals surface area contributed by atoms with Crippen LogP contribution >= 0.6 is 0 Å². The molecule has 0 saturated heterocycles. The highest BCUT2D eigenvalue weighted by Gasteiger charge is 2.39. The number of aryl methyl sites for hydroxylation is 1. The Morgan fingerprint density at radius 1 is 0.974 bits per heavy atom. The summed E-state index contributed by atoms with van der Waals surface area (Å²) in [6, 6.07) is 3.12. The highest BCUT2D eigenvalue weighted by atomic mass is 16.6. The molecule has 1 aromatic rings. The van der Waals surface area contributed by atoms with Crippen molar-refractivity contribution in [3.8, 4) is 5.75 Å². The highest BCUT2D eigenvalue weighted by molar-refractivity contribution is 5.92. The Bertz CT molecular complexity index is 925. The van der Waals surface area contributed by atoms with Gasteiger partial charge in [-0.2, -0.15) is 0 Å². The second-order valence-corrected chi connectivity index (χ2v) is 11.9. The lowest BCUT2D eigenvalue weighted by atomic mass is 9.94. The smallest absolute Gasteiger partial charge is 0.408 e. The van der Waals surface area contributed by atoms with Crippen molar-refractivity contribution in [1.29, 1.82) is 0 Å². The predicted molar refractivity (Wildman–Crippen MR) is 157 cm³/mol. The minimum atomic E-state index is -1.05. The molecule has 0 radical (unpaired) electrons. The number of para-hydroxylation sites is 1. The maximum absolute atomic E-state index is 14.3. The Morgan fingerprint density at radius 2 is 1.59 bits per heavy atom. The number of phenols is 1. The minimum absolute atomic E-state index is 0.0117. The molecule has 222 valence electrons. The van der Waals surface area contributed by atoms with Gasteiger partial charge in [0.1, 0.15) is 23.4 Å². The van der Waals surface area contributed by atoms with E-state index in [1.165, 1.54) is 0 Å². The van der Waals surface area contributed by atoms with Crippen molar-refractivity contribution in [1.82, 2.24) is 15.5 Å². The lowest BCUT2D eigenvalue weighted by Gasteiger charge is -2.36. The molecule has 0 aliphatic rings. The van der Waals surface area contributed by atoms with Gasteiger partial charge in [0.05, 0.1) is 0 Å². The van der Waals surface area contributed by atoms with Crippen LogP contribution in [0.5, 0.6) is 5.75 Å². The fraction of sp³-hybridized carbons (Fsp3) is 0.710. The van der Waals surface area contributed by atoms with Crippen LogP contribution < -0.4 is 10.6 Å². The Hall–Kier alpha value is -2.77. The van der Waals surface area contributed by atoms with Gasteiger partial charge in [-0.15, -0.1) is 0 Å². The van der Waals surface area contributed by atoms with E-state index >= 15 is 0 Å². The van der Waals surface area contributed by atoms with Crippen molar-refractivity contribution in [2.24, 2.45) is 5.92 Å². The van der Waals surface area contributed by atoms with Crippen molar-refractivity contribution >= 4 is 17.9 Å². The van der Waals surface area contributed by atoms with Crippen LogP contribution in [0.3, 0.4) is 0 Å². The summed E-state index contributed by atoms with van der Waals surface area (Å²) < 4.78 is 5.47.